The molecule has 0 aliphatic heterocycles. The van der Waals surface area contributed by atoms with E-state index in [0.29, 0.717) is 15.9 Å². The minimum Gasteiger partial charge on any atom is -0.618 e. The van der Waals surface area contributed by atoms with Gasteiger partial charge in [0.15, 0.2) is 0 Å². The Labute approximate surface area is 191 Å². The minimum atomic E-state index is -0.466. The van der Waals surface area contributed by atoms with Crippen molar-refractivity contribution in [3.05, 3.63) is 65.6 Å². The third-order valence-corrected chi connectivity index (χ3v) is 6.44. The Balaban J connectivity index is 1.48. The molecule has 2 aromatic heterocycles. The SMILES string of the molecule is CN(C)c1cc2nn(C3CCC(O)CC3)cc2cc1NC(=O)c1ccc2ccccc2[n+]1[O-]. The molecule has 0 bridgehead atoms. The van der Waals surface area contributed by atoms with Crippen LogP contribution in [0.3, 0.4) is 0 Å². The highest BCUT2D eigenvalue weighted by atomic mass is 16.5. The highest BCUT2D eigenvalue weighted by Gasteiger charge is 2.23. The Morgan fingerprint density at radius 3 is 2.64 bits per heavy atom. The highest BCUT2D eigenvalue weighted by Crippen LogP contribution is 2.33. The highest BCUT2D eigenvalue weighted by molar-refractivity contribution is 6.06. The van der Waals surface area contributed by atoms with Crippen LogP contribution < -0.4 is 14.9 Å². The third kappa shape index (κ3) is 3.98. The number of nitrogens with zero attached hydrogens (tertiary/aromatic N) is 4. The number of para-hydroxylation sites is 1. The van der Waals surface area contributed by atoms with Crippen LogP contribution in [0.15, 0.2) is 54.7 Å². The summed E-state index contributed by atoms with van der Waals surface area (Å²) in [6, 6.07) is 14.6. The van der Waals surface area contributed by atoms with Gasteiger partial charge >= 0.3 is 5.91 Å². The summed E-state index contributed by atoms with van der Waals surface area (Å²) in [4.78, 5) is 15.0. The summed E-state index contributed by atoms with van der Waals surface area (Å²) in [5.41, 5.74) is 2.75. The number of hydrogen-bond acceptors (Lipinski definition) is 5. The van der Waals surface area contributed by atoms with E-state index in [1.165, 1.54) is 0 Å². The molecule has 1 amide bonds. The Morgan fingerprint density at radius 1 is 1.12 bits per heavy atom. The van der Waals surface area contributed by atoms with Gasteiger partial charge in [-0.3, -0.25) is 9.48 Å². The van der Waals surface area contributed by atoms with E-state index in [1.54, 1.807) is 24.3 Å². The number of pyridine rings is 1. The van der Waals surface area contributed by atoms with Crippen LogP contribution >= 0.6 is 0 Å². The van der Waals surface area contributed by atoms with Gasteiger partial charge in [0.2, 0.25) is 5.52 Å². The van der Waals surface area contributed by atoms with Gasteiger partial charge in [0, 0.05) is 43.2 Å². The average molecular weight is 446 g/mol. The topological polar surface area (TPSA) is 97.3 Å². The first kappa shape index (κ1) is 21.2. The Hall–Kier alpha value is -3.65. The lowest BCUT2D eigenvalue weighted by atomic mass is 9.93. The van der Waals surface area contributed by atoms with Gasteiger partial charge in [-0.05, 0) is 49.9 Å². The summed E-state index contributed by atoms with van der Waals surface area (Å²) < 4.78 is 2.66. The number of fused-ring (bicyclic) bond motifs is 2. The predicted octanol–water partition coefficient (Wildman–Crippen LogP) is 3.62. The smallest absolute Gasteiger partial charge is 0.321 e. The molecule has 2 heterocycles. The molecule has 8 heteroatoms. The summed E-state index contributed by atoms with van der Waals surface area (Å²) in [5.74, 6) is -0.466. The van der Waals surface area contributed by atoms with Crippen molar-refractivity contribution in [1.82, 2.24) is 9.78 Å². The fourth-order valence-electron chi connectivity index (χ4n) is 4.59. The zero-order valence-corrected chi connectivity index (χ0v) is 18.7. The summed E-state index contributed by atoms with van der Waals surface area (Å²) in [7, 11) is 3.81. The number of nitrogens with one attached hydrogen (secondary N) is 1. The first-order valence-corrected chi connectivity index (χ1v) is 11.2. The van der Waals surface area contributed by atoms with Crippen molar-refractivity contribution in [3.8, 4) is 0 Å². The molecule has 33 heavy (non-hydrogen) atoms. The largest absolute Gasteiger partial charge is 0.618 e. The van der Waals surface area contributed by atoms with Crippen LogP contribution in [0.2, 0.25) is 0 Å². The molecule has 0 spiro atoms. The number of anilines is 2. The fourth-order valence-corrected chi connectivity index (χ4v) is 4.59. The zero-order chi connectivity index (χ0) is 23.1. The van der Waals surface area contributed by atoms with Crippen molar-refractivity contribution in [1.29, 1.82) is 0 Å². The van der Waals surface area contributed by atoms with Crippen LogP contribution in [0, 0.1) is 5.21 Å². The molecular weight excluding hydrogens is 418 g/mol. The number of benzene rings is 2. The zero-order valence-electron chi connectivity index (χ0n) is 18.7. The van der Waals surface area contributed by atoms with Gasteiger partial charge in [0.1, 0.15) is 0 Å². The minimum absolute atomic E-state index is 0.0370. The third-order valence-electron chi connectivity index (χ3n) is 6.44. The Morgan fingerprint density at radius 2 is 1.88 bits per heavy atom. The molecule has 0 radical (unpaired) electrons. The number of aromatic nitrogens is 3. The van der Waals surface area contributed by atoms with Gasteiger partial charge in [0.05, 0.1) is 29.0 Å². The molecule has 1 fully saturated rings. The standard InChI is InChI=1S/C25H27N5O3/c1-28(2)24-14-20-17(15-29(27-20)18-8-10-19(31)11-9-18)13-21(24)26-25(32)23-12-7-16-5-3-4-6-22(16)30(23)33/h3-7,12-15,18-19,31H,8-11H2,1-2H3,(H,26,32). The molecule has 170 valence electrons. The molecule has 0 saturated heterocycles. The summed E-state index contributed by atoms with van der Waals surface area (Å²) in [5, 5.41) is 32.0. The van der Waals surface area contributed by atoms with Gasteiger partial charge in [-0.1, -0.05) is 12.1 Å². The number of aliphatic hydroxyl groups excluding tert-OH is 1. The second kappa shape index (κ2) is 8.37. The van der Waals surface area contributed by atoms with Gasteiger partial charge in [-0.2, -0.15) is 9.83 Å². The number of amides is 1. The number of carbonyl (C=O) groups is 1. The van der Waals surface area contributed by atoms with E-state index in [1.807, 2.05) is 54.1 Å². The van der Waals surface area contributed by atoms with E-state index >= 15 is 0 Å². The van der Waals surface area contributed by atoms with Crippen LogP contribution in [-0.2, 0) is 0 Å². The van der Waals surface area contributed by atoms with Crippen LogP contribution in [-0.4, -0.2) is 41.0 Å². The second-order valence-electron chi connectivity index (χ2n) is 8.92. The number of hydrogen-bond donors (Lipinski definition) is 2. The molecule has 0 unspecified atom stereocenters. The monoisotopic (exact) mass is 445 g/mol. The van der Waals surface area contributed by atoms with Crippen LogP contribution in [0.25, 0.3) is 21.8 Å². The maximum absolute atomic E-state index is 13.1. The Kier molecular flexibility index (Phi) is 5.38. The van der Waals surface area contributed by atoms with Crippen molar-refractivity contribution in [2.75, 3.05) is 24.3 Å². The van der Waals surface area contributed by atoms with Crippen molar-refractivity contribution in [3.63, 3.8) is 0 Å². The molecule has 1 saturated carbocycles. The van der Waals surface area contributed by atoms with Crippen molar-refractivity contribution in [2.45, 2.75) is 37.8 Å². The molecule has 2 aromatic carbocycles. The lowest BCUT2D eigenvalue weighted by molar-refractivity contribution is -0.579. The van der Waals surface area contributed by atoms with Crippen molar-refractivity contribution in [2.24, 2.45) is 0 Å². The lowest BCUT2D eigenvalue weighted by Crippen LogP contribution is -2.37. The first-order chi connectivity index (χ1) is 15.9. The van der Waals surface area contributed by atoms with E-state index in [4.69, 9.17) is 5.10 Å². The number of aliphatic hydroxyl groups is 1. The molecule has 1 aliphatic rings. The van der Waals surface area contributed by atoms with Gasteiger partial charge < -0.3 is 20.5 Å². The summed E-state index contributed by atoms with van der Waals surface area (Å²) >= 11 is 0. The fraction of sp³-hybridized carbons (Fsp3) is 0.320. The van der Waals surface area contributed by atoms with Crippen LogP contribution in [0.5, 0.6) is 0 Å². The number of carbonyl (C=O) groups excluding carboxylic acids is 1. The van der Waals surface area contributed by atoms with E-state index in [-0.39, 0.29) is 17.8 Å². The molecule has 8 nitrogen and oxygen atoms in total. The van der Waals surface area contributed by atoms with Crippen LogP contribution in [0.1, 0.15) is 42.2 Å². The number of rotatable bonds is 4. The predicted molar refractivity (Wildman–Crippen MR) is 128 cm³/mol. The van der Waals surface area contributed by atoms with E-state index < -0.39 is 5.91 Å². The Bertz CT molecular complexity index is 1340. The summed E-state index contributed by atoms with van der Waals surface area (Å²) in [6.07, 6.45) is 5.14. The van der Waals surface area contributed by atoms with Crippen molar-refractivity contribution < 1.29 is 14.6 Å². The van der Waals surface area contributed by atoms with Gasteiger partial charge in [-0.15, -0.1) is 0 Å². The first-order valence-electron chi connectivity index (χ1n) is 11.2. The molecule has 4 aromatic rings. The van der Waals surface area contributed by atoms with Crippen molar-refractivity contribution >= 4 is 39.1 Å². The molecule has 1 aliphatic carbocycles. The maximum Gasteiger partial charge on any atom is 0.321 e. The lowest BCUT2D eigenvalue weighted by Gasteiger charge is -2.25. The molecule has 5 rings (SSSR count). The van der Waals surface area contributed by atoms with E-state index in [0.717, 1.165) is 47.7 Å². The summed E-state index contributed by atoms with van der Waals surface area (Å²) in [6.45, 7) is 0. The average Bonchev–Trinajstić information content (AvgIpc) is 3.22. The molecular formula is C25H27N5O3. The van der Waals surface area contributed by atoms with E-state index in [9.17, 15) is 15.1 Å². The second-order valence-corrected chi connectivity index (χ2v) is 8.92. The maximum atomic E-state index is 13.1. The van der Waals surface area contributed by atoms with Gasteiger partial charge in [-0.25, -0.2) is 0 Å². The molecule has 0 atom stereocenters. The van der Waals surface area contributed by atoms with E-state index in [2.05, 4.69) is 5.32 Å². The quantitative estimate of drug-likeness (QED) is 0.369. The van der Waals surface area contributed by atoms with Gasteiger partial charge in [0.25, 0.3) is 5.69 Å². The normalized spacial score (nSPS) is 18.5. The molecule has 2 N–H and O–H groups in total. The van der Waals surface area contributed by atoms with Crippen LogP contribution in [0.4, 0.5) is 11.4 Å².